The van der Waals surface area contributed by atoms with Gasteiger partial charge in [-0.05, 0) is 63.9 Å². The number of likely N-dealkylation sites (tertiary alicyclic amines) is 2. The van der Waals surface area contributed by atoms with E-state index >= 15 is 0 Å². The summed E-state index contributed by atoms with van der Waals surface area (Å²) in [4.78, 5) is 10.0. The van der Waals surface area contributed by atoms with E-state index < -0.39 is 0 Å². The highest BCUT2D eigenvalue weighted by Crippen LogP contribution is 2.20. The van der Waals surface area contributed by atoms with Crippen LogP contribution in [0.5, 0.6) is 5.75 Å². The third-order valence-corrected chi connectivity index (χ3v) is 5.87. The van der Waals surface area contributed by atoms with Crippen molar-refractivity contribution >= 4 is 29.9 Å². The molecule has 2 aliphatic rings. The zero-order chi connectivity index (χ0) is 19.6. The van der Waals surface area contributed by atoms with E-state index in [1.165, 1.54) is 38.9 Å². The molecular weight excluding hydrogens is 475 g/mol. The Morgan fingerprint density at radius 3 is 2.34 bits per heavy atom. The number of piperidine rings is 2. The minimum Gasteiger partial charge on any atom is -0.490 e. The zero-order valence-electron chi connectivity index (χ0n) is 18.2. The summed E-state index contributed by atoms with van der Waals surface area (Å²) >= 11 is 0. The molecule has 2 saturated heterocycles. The molecule has 0 saturated carbocycles. The molecule has 2 heterocycles. The highest BCUT2D eigenvalue weighted by atomic mass is 127. The SMILES string of the molecule is CCCN1CCC(CN=C(NCC)N2CCC(Oc3ccccc3)CC2)CC1.I. The first-order valence-corrected chi connectivity index (χ1v) is 11.3. The Kier molecular flexibility index (Phi) is 11.1. The molecule has 1 aromatic carbocycles. The summed E-state index contributed by atoms with van der Waals surface area (Å²) in [5, 5.41) is 3.51. The van der Waals surface area contributed by atoms with Gasteiger partial charge in [0.1, 0.15) is 11.9 Å². The molecule has 1 N–H and O–H groups in total. The van der Waals surface area contributed by atoms with Crippen molar-refractivity contribution in [1.29, 1.82) is 0 Å². The predicted molar refractivity (Wildman–Crippen MR) is 133 cm³/mol. The number of guanidine groups is 1. The Labute approximate surface area is 194 Å². The van der Waals surface area contributed by atoms with Crippen LogP contribution in [0, 0.1) is 5.92 Å². The van der Waals surface area contributed by atoms with Crippen LogP contribution in [0.1, 0.15) is 46.0 Å². The van der Waals surface area contributed by atoms with Gasteiger partial charge in [0.25, 0.3) is 0 Å². The topological polar surface area (TPSA) is 40.1 Å². The van der Waals surface area contributed by atoms with Crippen LogP contribution in [0.25, 0.3) is 0 Å². The molecule has 164 valence electrons. The molecule has 0 spiro atoms. The fourth-order valence-corrected chi connectivity index (χ4v) is 4.23. The molecule has 0 aliphatic carbocycles. The van der Waals surface area contributed by atoms with E-state index in [2.05, 4.69) is 29.0 Å². The van der Waals surface area contributed by atoms with E-state index in [-0.39, 0.29) is 24.0 Å². The van der Waals surface area contributed by atoms with Gasteiger partial charge in [0, 0.05) is 39.0 Å². The van der Waals surface area contributed by atoms with Gasteiger partial charge in [0.05, 0.1) is 0 Å². The average molecular weight is 514 g/mol. The lowest BCUT2D eigenvalue weighted by Gasteiger charge is -2.35. The maximum atomic E-state index is 6.14. The Morgan fingerprint density at radius 2 is 1.72 bits per heavy atom. The van der Waals surface area contributed by atoms with Crippen LogP contribution in [0.3, 0.4) is 0 Å². The lowest BCUT2D eigenvalue weighted by atomic mass is 9.97. The standard InChI is InChI=1S/C23H38N4O.HI/c1-3-14-26-15-10-20(11-16-26)19-25-23(24-4-2)27-17-12-22(13-18-27)28-21-8-6-5-7-9-21;/h5-9,20,22H,3-4,10-19H2,1-2H3,(H,24,25);1H. The van der Waals surface area contributed by atoms with E-state index in [4.69, 9.17) is 9.73 Å². The van der Waals surface area contributed by atoms with Gasteiger partial charge in [-0.15, -0.1) is 24.0 Å². The number of nitrogens with zero attached hydrogens (tertiary/aromatic N) is 3. The molecule has 0 amide bonds. The highest BCUT2D eigenvalue weighted by molar-refractivity contribution is 14.0. The number of aliphatic imine (C=N–C) groups is 1. The molecule has 0 aromatic heterocycles. The van der Waals surface area contributed by atoms with Crippen molar-refractivity contribution in [2.75, 3.05) is 45.8 Å². The highest BCUT2D eigenvalue weighted by Gasteiger charge is 2.23. The number of hydrogen-bond acceptors (Lipinski definition) is 3. The van der Waals surface area contributed by atoms with Crippen molar-refractivity contribution in [2.24, 2.45) is 10.9 Å². The third-order valence-electron chi connectivity index (χ3n) is 5.87. The van der Waals surface area contributed by atoms with Crippen LogP contribution in [0.2, 0.25) is 0 Å². The molecule has 5 nitrogen and oxygen atoms in total. The summed E-state index contributed by atoms with van der Waals surface area (Å²) < 4.78 is 6.14. The first-order valence-electron chi connectivity index (χ1n) is 11.3. The van der Waals surface area contributed by atoms with Crippen molar-refractivity contribution in [3.8, 4) is 5.75 Å². The average Bonchev–Trinajstić information content (AvgIpc) is 2.74. The normalized spacial score (nSPS) is 19.7. The molecule has 3 rings (SSSR count). The van der Waals surface area contributed by atoms with Crippen molar-refractivity contribution in [1.82, 2.24) is 15.1 Å². The Bertz CT molecular complexity index is 582. The number of nitrogens with one attached hydrogen (secondary N) is 1. The third kappa shape index (κ3) is 7.96. The minimum absolute atomic E-state index is 0. The van der Waals surface area contributed by atoms with E-state index in [0.717, 1.165) is 56.6 Å². The summed E-state index contributed by atoms with van der Waals surface area (Å²) in [6.45, 7) is 12.1. The van der Waals surface area contributed by atoms with Gasteiger partial charge in [-0.25, -0.2) is 0 Å². The first kappa shape index (κ1) is 24.3. The second kappa shape index (κ2) is 13.3. The lowest BCUT2D eigenvalue weighted by molar-refractivity contribution is 0.129. The fraction of sp³-hybridized carbons (Fsp3) is 0.696. The molecule has 2 fully saturated rings. The van der Waals surface area contributed by atoms with Crippen LogP contribution in [0.4, 0.5) is 0 Å². The van der Waals surface area contributed by atoms with Crippen LogP contribution in [0.15, 0.2) is 35.3 Å². The molecule has 0 unspecified atom stereocenters. The largest absolute Gasteiger partial charge is 0.490 e. The maximum Gasteiger partial charge on any atom is 0.193 e. The van der Waals surface area contributed by atoms with Gasteiger partial charge in [-0.3, -0.25) is 4.99 Å². The Balaban J connectivity index is 0.00000300. The molecule has 6 heteroatoms. The van der Waals surface area contributed by atoms with Gasteiger partial charge < -0.3 is 19.9 Å². The van der Waals surface area contributed by atoms with Crippen molar-refractivity contribution in [3.05, 3.63) is 30.3 Å². The summed E-state index contributed by atoms with van der Waals surface area (Å²) in [6, 6.07) is 10.2. The summed E-state index contributed by atoms with van der Waals surface area (Å²) in [5.74, 6) is 2.81. The molecule has 0 bridgehead atoms. The number of hydrogen-bond donors (Lipinski definition) is 1. The van der Waals surface area contributed by atoms with Gasteiger partial charge >= 0.3 is 0 Å². The summed E-state index contributed by atoms with van der Waals surface area (Å²) in [6.07, 6.45) is 6.25. The lowest BCUT2D eigenvalue weighted by Crippen LogP contribution is -2.47. The van der Waals surface area contributed by atoms with E-state index in [1.807, 2.05) is 30.3 Å². The Hall–Kier alpha value is -1.02. The maximum absolute atomic E-state index is 6.14. The van der Waals surface area contributed by atoms with Crippen LogP contribution in [-0.4, -0.2) is 67.7 Å². The van der Waals surface area contributed by atoms with Gasteiger partial charge in [-0.2, -0.15) is 0 Å². The summed E-state index contributed by atoms with van der Waals surface area (Å²) in [5.41, 5.74) is 0. The molecule has 29 heavy (non-hydrogen) atoms. The van der Waals surface area contributed by atoms with Gasteiger partial charge in [-0.1, -0.05) is 25.1 Å². The van der Waals surface area contributed by atoms with Gasteiger partial charge in [0.15, 0.2) is 5.96 Å². The van der Waals surface area contributed by atoms with Crippen molar-refractivity contribution in [3.63, 3.8) is 0 Å². The van der Waals surface area contributed by atoms with Crippen LogP contribution < -0.4 is 10.1 Å². The molecule has 2 aliphatic heterocycles. The van der Waals surface area contributed by atoms with E-state index in [9.17, 15) is 0 Å². The second-order valence-corrected chi connectivity index (χ2v) is 8.10. The van der Waals surface area contributed by atoms with Gasteiger partial charge in [0.2, 0.25) is 0 Å². The van der Waals surface area contributed by atoms with Crippen LogP contribution >= 0.6 is 24.0 Å². The molecule has 1 aromatic rings. The number of rotatable bonds is 7. The second-order valence-electron chi connectivity index (χ2n) is 8.10. The molecule has 0 radical (unpaired) electrons. The predicted octanol–water partition coefficient (Wildman–Crippen LogP) is 4.24. The Morgan fingerprint density at radius 1 is 1.03 bits per heavy atom. The number of benzene rings is 1. The molecule has 0 atom stereocenters. The number of para-hydroxylation sites is 1. The number of ether oxygens (including phenoxy) is 1. The van der Waals surface area contributed by atoms with E-state index in [1.54, 1.807) is 0 Å². The van der Waals surface area contributed by atoms with Crippen molar-refractivity contribution < 1.29 is 4.74 Å². The molecular formula is C23H39IN4O. The van der Waals surface area contributed by atoms with E-state index in [0.29, 0.717) is 6.10 Å². The summed E-state index contributed by atoms with van der Waals surface area (Å²) in [7, 11) is 0. The number of halogens is 1. The first-order chi connectivity index (χ1) is 13.8. The quantitative estimate of drug-likeness (QED) is 0.336. The zero-order valence-corrected chi connectivity index (χ0v) is 20.5. The van der Waals surface area contributed by atoms with Crippen LogP contribution in [-0.2, 0) is 0 Å². The minimum atomic E-state index is 0. The smallest absolute Gasteiger partial charge is 0.193 e. The fourth-order valence-electron chi connectivity index (χ4n) is 4.23. The monoisotopic (exact) mass is 514 g/mol. The van der Waals surface area contributed by atoms with Crippen molar-refractivity contribution in [2.45, 2.75) is 52.1 Å².